The summed E-state index contributed by atoms with van der Waals surface area (Å²) in [4.78, 5) is 28.3. The average molecular weight is 344 g/mol. The maximum atomic E-state index is 13.9. The van der Waals surface area contributed by atoms with Gasteiger partial charge in [0.15, 0.2) is 11.4 Å². The van der Waals surface area contributed by atoms with Gasteiger partial charge in [-0.2, -0.15) is 4.39 Å². The lowest BCUT2D eigenvalue weighted by atomic mass is 10.3. The fourth-order valence-electron chi connectivity index (χ4n) is 2.58. The second kappa shape index (κ2) is 5.40. The van der Waals surface area contributed by atoms with Crippen LogP contribution in [0.5, 0.6) is 0 Å². The maximum Gasteiger partial charge on any atom is 0.289 e. The molecule has 3 rings (SSSR count). The standard InChI is InChI=1S/C14H15ClFN3O4/c1-14(2)22-5-7(23-14)4-19-6-17-11-8(12(19)20)9(15)10(16)13(21)18(11)3/h6-7H,4-5H2,1-3H3/t7-/m1/s1. The molecule has 1 atom stereocenters. The molecule has 0 aliphatic carbocycles. The predicted octanol–water partition coefficient (Wildman–Crippen LogP) is 1.04. The van der Waals surface area contributed by atoms with Crippen molar-refractivity contribution in [3.05, 3.63) is 37.9 Å². The minimum atomic E-state index is -1.17. The van der Waals surface area contributed by atoms with Crippen molar-refractivity contribution in [2.45, 2.75) is 32.3 Å². The monoisotopic (exact) mass is 343 g/mol. The summed E-state index contributed by atoms with van der Waals surface area (Å²) in [6, 6.07) is 0. The normalized spacial score (nSPS) is 20.3. The van der Waals surface area contributed by atoms with Gasteiger partial charge in [0, 0.05) is 7.05 Å². The third kappa shape index (κ3) is 2.66. The Balaban J connectivity index is 2.10. The van der Waals surface area contributed by atoms with Crippen molar-refractivity contribution in [1.82, 2.24) is 14.1 Å². The first-order chi connectivity index (χ1) is 10.7. The Morgan fingerprint density at radius 1 is 1.43 bits per heavy atom. The fraction of sp³-hybridized carbons (Fsp3) is 0.500. The Morgan fingerprint density at radius 3 is 2.74 bits per heavy atom. The van der Waals surface area contributed by atoms with Crippen molar-refractivity contribution in [1.29, 1.82) is 0 Å². The second-order valence-electron chi connectivity index (χ2n) is 5.84. The van der Waals surface area contributed by atoms with Gasteiger partial charge in [0.2, 0.25) is 5.82 Å². The predicted molar refractivity (Wildman–Crippen MR) is 81.1 cm³/mol. The number of rotatable bonds is 2. The molecular formula is C14H15ClFN3O4. The molecule has 0 amide bonds. The summed E-state index contributed by atoms with van der Waals surface area (Å²) < 4.78 is 27.2. The van der Waals surface area contributed by atoms with Crippen molar-refractivity contribution in [3.63, 3.8) is 0 Å². The molecule has 1 aliphatic rings. The Labute approximate surface area is 135 Å². The van der Waals surface area contributed by atoms with Crippen molar-refractivity contribution < 1.29 is 13.9 Å². The molecule has 3 heterocycles. The summed E-state index contributed by atoms with van der Waals surface area (Å²) in [6.45, 7) is 4.06. The van der Waals surface area contributed by atoms with Crippen LogP contribution >= 0.6 is 11.6 Å². The van der Waals surface area contributed by atoms with Crippen LogP contribution in [0.4, 0.5) is 4.39 Å². The summed E-state index contributed by atoms with van der Waals surface area (Å²) >= 11 is 5.84. The van der Waals surface area contributed by atoms with E-state index in [2.05, 4.69) is 4.98 Å². The lowest BCUT2D eigenvalue weighted by molar-refractivity contribution is -0.139. The van der Waals surface area contributed by atoms with E-state index in [0.717, 1.165) is 4.57 Å². The van der Waals surface area contributed by atoms with E-state index in [0.29, 0.717) is 6.61 Å². The number of halogens is 2. The van der Waals surface area contributed by atoms with Crippen molar-refractivity contribution in [2.75, 3.05) is 6.61 Å². The summed E-state index contributed by atoms with van der Waals surface area (Å²) in [7, 11) is 1.33. The number of aryl methyl sites for hydroxylation is 1. The number of hydrogen-bond acceptors (Lipinski definition) is 5. The highest BCUT2D eigenvalue weighted by Gasteiger charge is 2.33. The summed E-state index contributed by atoms with van der Waals surface area (Å²) in [5.41, 5.74) is -1.43. The van der Waals surface area contributed by atoms with E-state index in [4.69, 9.17) is 21.1 Å². The highest BCUT2D eigenvalue weighted by molar-refractivity contribution is 6.35. The topological polar surface area (TPSA) is 75.4 Å². The Bertz CT molecular complexity index is 906. The average Bonchev–Trinajstić information content (AvgIpc) is 2.83. The Hall–Kier alpha value is -1.77. The van der Waals surface area contributed by atoms with Crippen LogP contribution in [0.2, 0.25) is 5.02 Å². The van der Waals surface area contributed by atoms with Gasteiger partial charge in [0.05, 0.1) is 24.5 Å². The van der Waals surface area contributed by atoms with Crippen LogP contribution in [0.1, 0.15) is 13.8 Å². The van der Waals surface area contributed by atoms with Gasteiger partial charge in [0.1, 0.15) is 11.5 Å². The van der Waals surface area contributed by atoms with E-state index in [1.54, 1.807) is 13.8 Å². The number of aromatic nitrogens is 3. The first-order valence-corrected chi connectivity index (χ1v) is 7.34. The van der Waals surface area contributed by atoms with Crippen molar-refractivity contribution >= 4 is 22.6 Å². The third-order valence-corrected chi connectivity index (χ3v) is 4.06. The molecular weight excluding hydrogens is 329 g/mol. The molecule has 0 saturated carbocycles. The van der Waals surface area contributed by atoms with Crippen LogP contribution in [0.25, 0.3) is 11.0 Å². The molecule has 0 radical (unpaired) electrons. The molecule has 7 nitrogen and oxygen atoms in total. The van der Waals surface area contributed by atoms with Crippen molar-refractivity contribution in [2.24, 2.45) is 7.05 Å². The molecule has 1 saturated heterocycles. The molecule has 1 fully saturated rings. The SMILES string of the molecule is Cn1c(=O)c(F)c(Cl)c2c(=O)n(C[C@@H]3COC(C)(C)O3)cnc21. The van der Waals surface area contributed by atoms with Crippen molar-refractivity contribution in [3.8, 4) is 0 Å². The van der Waals surface area contributed by atoms with Crippen LogP contribution in [0.3, 0.4) is 0 Å². The maximum absolute atomic E-state index is 13.9. The minimum absolute atomic E-state index is 0.0339. The third-order valence-electron chi connectivity index (χ3n) is 3.71. The number of pyridine rings is 1. The lowest BCUT2D eigenvalue weighted by Crippen LogP contribution is -2.32. The molecule has 0 N–H and O–H groups in total. The zero-order valence-corrected chi connectivity index (χ0v) is 13.6. The zero-order valence-electron chi connectivity index (χ0n) is 12.8. The molecule has 0 bridgehead atoms. The molecule has 23 heavy (non-hydrogen) atoms. The molecule has 2 aromatic rings. The van der Waals surface area contributed by atoms with Crippen LogP contribution < -0.4 is 11.1 Å². The minimum Gasteiger partial charge on any atom is -0.348 e. The number of fused-ring (bicyclic) bond motifs is 1. The van der Waals surface area contributed by atoms with E-state index in [1.807, 2.05) is 0 Å². The van der Waals surface area contributed by atoms with Gasteiger partial charge in [-0.25, -0.2) is 4.98 Å². The van der Waals surface area contributed by atoms with E-state index >= 15 is 0 Å². The summed E-state index contributed by atoms with van der Waals surface area (Å²) in [5.74, 6) is -1.88. The molecule has 9 heteroatoms. The van der Waals surface area contributed by atoms with Gasteiger partial charge in [-0.3, -0.25) is 18.7 Å². The lowest BCUT2D eigenvalue weighted by Gasteiger charge is -2.17. The van der Waals surface area contributed by atoms with Gasteiger partial charge in [-0.05, 0) is 13.8 Å². The first kappa shape index (κ1) is 16.1. The van der Waals surface area contributed by atoms with E-state index in [9.17, 15) is 14.0 Å². The smallest absolute Gasteiger partial charge is 0.289 e. The molecule has 0 unspecified atom stereocenters. The van der Waals surface area contributed by atoms with Crippen LogP contribution in [0, 0.1) is 5.82 Å². The van der Waals surface area contributed by atoms with Gasteiger partial charge in [-0.1, -0.05) is 11.6 Å². The number of ether oxygens (including phenoxy) is 2. The fourth-order valence-corrected chi connectivity index (χ4v) is 2.82. The Morgan fingerprint density at radius 2 is 2.13 bits per heavy atom. The summed E-state index contributed by atoms with van der Waals surface area (Å²) in [5, 5.41) is -0.647. The van der Waals surface area contributed by atoms with E-state index < -0.39 is 27.7 Å². The zero-order chi connectivity index (χ0) is 16.9. The number of hydrogen-bond donors (Lipinski definition) is 0. The highest BCUT2D eigenvalue weighted by Crippen LogP contribution is 2.23. The van der Waals surface area contributed by atoms with Gasteiger partial charge in [-0.15, -0.1) is 0 Å². The molecule has 2 aromatic heterocycles. The second-order valence-corrected chi connectivity index (χ2v) is 6.22. The molecule has 1 aliphatic heterocycles. The number of nitrogens with zero attached hydrogens (tertiary/aromatic N) is 3. The van der Waals surface area contributed by atoms with E-state index in [1.165, 1.54) is 17.9 Å². The molecule has 0 aromatic carbocycles. The van der Waals surface area contributed by atoms with Gasteiger partial charge < -0.3 is 9.47 Å². The molecule has 0 spiro atoms. The molecule has 124 valence electrons. The first-order valence-electron chi connectivity index (χ1n) is 6.96. The Kier molecular flexibility index (Phi) is 3.78. The largest absolute Gasteiger partial charge is 0.348 e. The summed E-state index contributed by atoms with van der Waals surface area (Å²) in [6.07, 6.45) is 0.950. The highest BCUT2D eigenvalue weighted by atomic mass is 35.5. The quantitative estimate of drug-likeness (QED) is 0.814. The van der Waals surface area contributed by atoms with Crippen LogP contribution in [-0.2, 0) is 23.1 Å². The van der Waals surface area contributed by atoms with E-state index in [-0.39, 0.29) is 23.7 Å². The van der Waals surface area contributed by atoms with Crippen LogP contribution in [0.15, 0.2) is 15.9 Å². The van der Waals surface area contributed by atoms with Gasteiger partial charge in [0.25, 0.3) is 11.1 Å². The van der Waals surface area contributed by atoms with Crippen LogP contribution in [-0.4, -0.2) is 32.6 Å². The van der Waals surface area contributed by atoms with Gasteiger partial charge >= 0.3 is 0 Å².